The monoisotopic (exact) mass is 847 g/mol. The van der Waals surface area contributed by atoms with Crippen LogP contribution >= 0.6 is 22.7 Å². The van der Waals surface area contributed by atoms with Gasteiger partial charge in [-0.1, -0.05) is 55.3 Å². The van der Waals surface area contributed by atoms with E-state index >= 15 is 0 Å². The summed E-state index contributed by atoms with van der Waals surface area (Å²) in [5, 5.41) is 6.06. The van der Waals surface area contributed by atoms with Crippen molar-refractivity contribution in [2.75, 3.05) is 25.7 Å². The largest absolute Gasteiger partial charge is 0.465 e. The zero-order valence-corrected chi connectivity index (χ0v) is 36.3. The third-order valence-corrected chi connectivity index (χ3v) is 15.6. The molecule has 15 heteroatoms. The van der Waals surface area contributed by atoms with Gasteiger partial charge in [0.2, 0.25) is 0 Å². The van der Waals surface area contributed by atoms with Crippen molar-refractivity contribution in [1.82, 2.24) is 4.98 Å². The molecule has 0 aliphatic rings. The van der Waals surface area contributed by atoms with Gasteiger partial charge in [0.05, 0.1) is 53.9 Å². The number of methoxy groups -OCH3 is 2. The molecule has 2 aromatic carbocycles. The lowest BCUT2D eigenvalue weighted by Crippen LogP contribution is -2.17. The van der Waals surface area contributed by atoms with Crippen LogP contribution in [0.2, 0.25) is 0 Å². The summed E-state index contributed by atoms with van der Waals surface area (Å²) >= 11 is 2.56. The van der Waals surface area contributed by atoms with E-state index in [1.807, 2.05) is 23.6 Å². The number of thiazole rings is 1. The average molecular weight is 848 g/mol. The summed E-state index contributed by atoms with van der Waals surface area (Å²) in [6.45, 7) is 6.72. The number of benzene rings is 2. The van der Waals surface area contributed by atoms with E-state index in [0.717, 1.165) is 45.8 Å². The number of ether oxygens (including phenoxy) is 2. The first-order valence-electron chi connectivity index (χ1n) is 18.7. The van der Waals surface area contributed by atoms with Gasteiger partial charge in [-0.25, -0.2) is 31.4 Å². The molecule has 0 unspecified atom stereocenters. The Hall–Kier alpha value is -3.79. The second kappa shape index (κ2) is 22.2. The molecule has 0 fully saturated rings. The minimum atomic E-state index is -3.05. The number of sulfone groups is 2. The van der Waals surface area contributed by atoms with Gasteiger partial charge >= 0.3 is 11.9 Å². The molecule has 4 rings (SSSR count). The second-order valence-corrected chi connectivity index (χ2v) is 21.2. The van der Waals surface area contributed by atoms with Gasteiger partial charge < -0.3 is 9.47 Å². The summed E-state index contributed by atoms with van der Waals surface area (Å²) in [6, 6.07) is 14.4. The third kappa shape index (κ3) is 14.0. The Labute approximate surface area is 339 Å². The highest BCUT2D eigenvalue weighted by molar-refractivity contribution is 7.92. The van der Waals surface area contributed by atoms with E-state index in [4.69, 9.17) is 4.74 Å². The van der Waals surface area contributed by atoms with Crippen molar-refractivity contribution in [3.8, 4) is 11.3 Å². The van der Waals surface area contributed by atoms with Crippen LogP contribution in [0, 0.1) is 0 Å². The molecule has 0 aliphatic carbocycles. The van der Waals surface area contributed by atoms with Crippen molar-refractivity contribution in [2.24, 2.45) is 0 Å². The quantitative estimate of drug-likeness (QED) is 0.0585. The van der Waals surface area contributed by atoms with Gasteiger partial charge in [-0.3, -0.25) is 9.59 Å². The zero-order valence-electron chi connectivity index (χ0n) is 33.0. The highest BCUT2D eigenvalue weighted by Gasteiger charge is 2.26. The molecule has 11 nitrogen and oxygen atoms in total. The predicted octanol–water partition coefficient (Wildman–Crippen LogP) is 8.28. The number of aromatic nitrogens is 1. The predicted molar refractivity (Wildman–Crippen MR) is 224 cm³/mol. The summed E-state index contributed by atoms with van der Waals surface area (Å²) in [5.41, 5.74) is 2.52. The minimum absolute atomic E-state index is 0.0161. The van der Waals surface area contributed by atoms with Gasteiger partial charge in [-0.15, -0.1) is 22.7 Å². The van der Waals surface area contributed by atoms with Crippen LogP contribution in [0.4, 0.5) is 0 Å². The number of ketones is 2. The van der Waals surface area contributed by atoms with E-state index in [1.54, 1.807) is 33.1 Å². The molecule has 4 aromatic rings. The van der Waals surface area contributed by atoms with Gasteiger partial charge in [-0.2, -0.15) is 0 Å². The fourth-order valence-corrected chi connectivity index (χ4v) is 9.64. The molecule has 2 heterocycles. The van der Waals surface area contributed by atoms with Crippen molar-refractivity contribution < 1.29 is 45.5 Å². The first kappa shape index (κ1) is 46.6. The van der Waals surface area contributed by atoms with Gasteiger partial charge in [0.1, 0.15) is 21.5 Å². The Morgan fingerprint density at radius 1 is 0.661 bits per heavy atom. The molecule has 0 radical (unpaired) electrons. The Kier molecular flexibility index (Phi) is 18.5. The molecular weight excluding hydrogens is 795 g/mol. The average Bonchev–Trinajstić information content (AvgIpc) is 3.80. The van der Waals surface area contributed by atoms with Crippen LogP contribution < -0.4 is 0 Å². The van der Waals surface area contributed by atoms with Crippen LogP contribution in [0.25, 0.3) is 22.0 Å². The van der Waals surface area contributed by atoms with E-state index in [9.17, 15) is 36.0 Å². The lowest BCUT2D eigenvalue weighted by molar-refractivity contribution is -0.119. The van der Waals surface area contributed by atoms with Crippen LogP contribution in [0.15, 0.2) is 53.2 Å². The summed E-state index contributed by atoms with van der Waals surface area (Å²) in [5.74, 6) is -0.918. The van der Waals surface area contributed by atoms with E-state index in [0.29, 0.717) is 44.1 Å². The molecule has 2 aromatic heterocycles. The molecule has 0 N–H and O–H groups in total. The Balaban J connectivity index is 0.000000301. The van der Waals surface area contributed by atoms with Crippen LogP contribution in [0.5, 0.6) is 0 Å². The molecule has 0 saturated heterocycles. The first-order valence-corrected chi connectivity index (χ1v) is 23.9. The fourth-order valence-electron chi connectivity index (χ4n) is 5.69. The number of hydrogen-bond donors (Lipinski definition) is 0. The van der Waals surface area contributed by atoms with Crippen LogP contribution in [-0.4, -0.2) is 81.5 Å². The maximum Gasteiger partial charge on any atom is 0.348 e. The molecular formula is C41H53NO10S4. The lowest BCUT2D eigenvalue weighted by Gasteiger charge is -2.07. The Morgan fingerprint density at radius 3 is 1.79 bits per heavy atom. The van der Waals surface area contributed by atoms with E-state index in [1.165, 1.54) is 30.9 Å². The lowest BCUT2D eigenvalue weighted by atomic mass is 10.0. The SMILES string of the molecule is CC(C)S(=O)(=O)CCCCCC(=O)Cc1nc(-c2cccc3ccccc23)cs1.COC(=O)c1scc(CC(=O)CCCCCS(=O)(=O)C(C)C)c1C(=O)OC. The maximum atomic E-state index is 12.3. The summed E-state index contributed by atoms with van der Waals surface area (Å²) < 4.78 is 56.4. The highest BCUT2D eigenvalue weighted by atomic mass is 32.2. The number of esters is 2. The second-order valence-electron chi connectivity index (χ2n) is 14.0. The highest BCUT2D eigenvalue weighted by Crippen LogP contribution is 2.30. The molecule has 0 amide bonds. The van der Waals surface area contributed by atoms with E-state index in [2.05, 4.69) is 34.0 Å². The van der Waals surface area contributed by atoms with Crippen molar-refractivity contribution in [1.29, 1.82) is 0 Å². The number of hydrogen-bond acceptors (Lipinski definition) is 13. The summed E-state index contributed by atoms with van der Waals surface area (Å²) in [6.07, 6.45) is 4.97. The number of nitrogens with zero attached hydrogens (tertiary/aromatic N) is 1. The smallest absolute Gasteiger partial charge is 0.348 e. The normalized spacial score (nSPS) is 11.7. The molecule has 0 spiro atoms. The van der Waals surface area contributed by atoms with Crippen LogP contribution in [-0.2, 0) is 51.6 Å². The third-order valence-electron chi connectivity index (χ3n) is 9.19. The number of thiophene rings is 1. The molecule has 0 bridgehead atoms. The van der Waals surface area contributed by atoms with Gasteiger partial charge in [-0.05, 0) is 75.1 Å². The number of unbranched alkanes of at least 4 members (excludes halogenated alkanes) is 4. The molecule has 0 saturated carbocycles. The number of carbonyl (C=O) groups excluding carboxylic acids is 4. The van der Waals surface area contributed by atoms with Crippen molar-refractivity contribution >= 4 is 76.6 Å². The number of carbonyl (C=O) groups is 4. The molecule has 0 atom stereocenters. The first-order chi connectivity index (χ1) is 26.5. The van der Waals surface area contributed by atoms with Crippen LogP contribution in [0.1, 0.15) is 110 Å². The maximum absolute atomic E-state index is 12.3. The van der Waals surface area contributed by atoms with Crippen molar-refractivity contribution in [3.05, 3.63) is 74.2 Å². The van der Waals surface area contributed by atoms with Gasteiger partial charge in [0.25, 0.3) is 0 Å². The van der Waals surface area contributed by atoms with Gasteiger partial charge in [0.15, 0.2) is 19.7 Å². The van der Waals surface area contributed by atoms with Crippen molar-refractivity contribution in [2.45, 2.75) is 102 Å². The Bertz CT molecular complexity index is 2160. The molecule has 56 heavy (non-hydrogen) atoms. The minimum Gasteiger partial charge on any atom is -0.465 e. The standard InChI is InChI=1S/C23H27NO3S2.C18H26O7S2/c1-17(2)29(26,27)14-7-3-4-11-19(25)15-23-24-22(16-28-23)21-13-8-10-18-9-5-6-12-20(18)21;1-12(2)27(22,23)9-7-5-6-8-14(19)10-13-11-26-16(18(21)25-4)15(13)17(20)24-3/h5-6,8-10,12-13,16-17H,3-4,7,11,14-15H2,1-2H3;11-12H,5-10H2,1-4H3. The molecule has 306 valence electrons. The van der Waals surface area contributed by atoms with E-state index < -0.39 is 36.9 Å². The number of Topliss-reactive ketones (excluding diaryl/α,β-unsaturated/α-hetero) is 2. The molecule has 0 aliphatic heterocycles. The van der Waals surface area contributed by atoms with Crippen LogP contribution in [0.3, 0.4) is 0 Å². The van der Waals surface area contributed by atoms with Gasteiger partial charge in [0, 0.05) is 30.2 Å². The fraction of sp³-hybridized carbons (Fsp3) is 0.488. The summed E-state index contributed by atoms with van der Waals surface area (Å²) in [7, 11) is -3.61. The zero-order chi connectivity index (χ0) is 41.5. The number of rotatable bonds is 21. The Morgan fingerprint density at radius 2 is 1.21 bits per heavy atom. The summed E-state index contributed by atoms with van der Waals surface area (Å²) in [4.78, 5) is 53.0. The van der Waals surface area contributed by atoms with E-state index in [-0.39, 0.29) is 51.6 Å². The van der Waals surface area contributed by atoms with Crippen molar-refractivity contribution in [3.63, 3.8) is 0 Å². The number of fused-ring (bicyclic) bond motifs is 1. The topological polar surface area (TPSA) is 168 Å².